The lowest BCUT2D eigenvalue weighted by Crippen LogP contribution is -2.58. The number of nitrogens with zero attached hydrogens (tertiary/aromatic N) is 1. The van der Waals surface area contributed by atoms with Crippen molar-refractivity contribution in [1.82, 2.24) is 10.2 Å². The van der Waals surface area contributed by atoms with Crippen LogP contribution in [0.3, 0.4) is 0 Å². The smallest absolute Gasteiger partial charge is 0.0244 e. The summed E-state index contributed by atoms with van der Waals surface area (Å²) in [5.74, 6) is 2.72. The van der Waals surface area contributed by atoms with Crippen LogP contribution < -0.4 is 5.32 Å². The molecule has 1 heterocycles. The van der Waals surface area contributed by atoms with Gasteiger partial charge in [0.1, 0.15) is 0 Å². The topological polar surface area (TPSA) is 15.3 Å². The molecular weight excluding hydrogens is 196 g/mol. The summed E-state index contributed by atoms with van der Waals surface area (Å²) in [4.78, 5) is 2.74. The van der Waals surface area contributed by atoms with E-state index in [-0.39, 0.29) is 0 Å². The van der Waals surface area contributed by atoms with E-state index in [1.807, 2.05) is 0 Å². The molecular formula is C14H28N2. The van der Waals surface area contributed by atoms with Gasteiger partial charge >= 0.3 is 0 Å². The Bertz CT molecular complexity index is 223. The summed E-state index contributed by atoms with van der Waals surface area (Å²) < 4.78 is 0. The van der Waals surface area contributed by atoms with Crippen LogP contribution >= 0.6 is 0 Å². The molecule has 0 aromatic rings. The van der Waals surface area contributed by atoms with E-state index < -0.39 is 0 Å². The molecule has 0 radical (unpaired) electrons. The first kappa shape index (κ1) is 12.4. The third-order valence-electron chi connectivity index (χ3n) is 4.37. The average molecular weight is 224 g/mol. The minimum absolute atomic E-state index is 0.668. The molecule has 1 N–H and O–H groups in total. The zero-order valence-corrected chi connectivity index (χ0v) is 11.4. The maximum atomic E-state index is 3.62. The molecule has 16 heavy (non-hydrogen) atoms. The molecule has 94 valence electrons. The SMILES string of the molecule is CC1CN(CC(C)C2CC2)C(C(C)C)CN1. The fourth-order valence-corrected chi connectivity index (χ4v) is 3.05. The number of rotatable bonds is 4. The van der Waals surface area contributed by atoms with Crippen LogP contribution in [0.25, 0.3) is 0 Å². The van der Waals surface area contributed by atoms with E-state index >= 15 is 0 Å². The zero-order valence-electron chi connectivity index (χ0n) is 11.4. The molecule has 2 aliphatic rings. The summed E-state index contributed by atoms with van der Waals surface area (Å²) >= 11 is 0. The Balaban J connectivity index is 1.90. The molecule has 0 amide bonds. The van der Waals surface area contributed by atoms with Crippen LogP contribution in [0, 0.1) is 17.8 Å². The number of hydrogen-bond acceptors (Lipinski definition) is 2. The predicted octanol–water partition coefficient (Wildman–Crippen LogP) is 2.35. The van der Waals surface area contributed by atoms with Crippen molar-refractivity contribution < 1.29 is 0 Å². The van der Waals surface area contributed by atoms with E-state index in [2.05, 4.69) is 37.9 Å². The molecule has 3 unspecified atom stereocenters. The first-order chi connectivity index (χ1) is 7.58. The van der Waals surface area contributed by atoms with Crippen molar-refractivity contribution >= 4 is 0 Å². The van der Waals surface area contributed by atoms with E-state index in [1.54, 1.807) is 0 Å². The molecule has 1 saturated carbocycles. The van der Waals surface area contributed by atoms with Gasteiger partial charge in [-0.25, -0.2) is 0 Å². The van der Waals surface area contributed by atoms with E-state index in [0.717, 1.165) is 23.8 Å². The summed E-state index contributed by atoms with van der Waals surface area (Å²) in [6.45, 7) is 13.2. The first-order valence-corrected chi connectivity index (χ1v) is 7.05. The third-order valence-corrected chi connectivity index (χ3v) is 4.37. The normalized spacial score (nSPS) is 34.3. The molecule has 0 bridgehead atoms. The fraction of sp³-hybridized carbons (Fsp3) is 1.00. The van der Waals surface area contributed by atoms with Gasteiger partial charge in [-0.05, 0) is 37.5 Å². The van der Waals surface area contributed by atoms with Crippen LogP contribution in [0.1, 0.15) is 40.5 Å². The van der Waals surface area contributed by atoms with Crippen LogP contribution in [-0.2, 0) is 0 Å². The van der Waals surface area contributed by atoms with E-state index in [0.29, 0.717) is 6.04 Å². The third kappa shape index (κ3) is 2.98. The number of piperazine rings is 1. The van der Waals surface area contributed by atoms with Gasteiger partial charge in [0.25, 0.3) is 0 Å². The van der Waals surface area contributed by atoms with Gasteiger partial charge in [0, 0.05) is 31.7 Å². The highest BCUT2D eigenvalue weighted by Crippen LogP contribution is 2.37. The Labute approximate surface area is 101 Å². The van der Waals surface area contributed by atoms with Gasteiger partial charge < -0.3 is 5.32 Å². The van der Waals surface area contributed by atoms with Gasteiger partial charge in [-0.3, -0.25) is 4.90 Å². The molecule has 1 aliphatic heterocycles. The molecule has 2 rings (SSSR count). The average Bonchev–Trinajstić information content (AvgIpc) is 2.99. The lowest BCUT2D eigenvalue weighted by atomic mass is 9.96. The summed E-state index contributed by atoms with van der Waals surface area (Å²) in [5, 5.41) is 3.62. The monoisotopic (exact) mass is 224 g/mol. The van der Waals surface area contributed by atoms with Crippen LogP contribution in [0.4, 0.5) is 0 Å². The highest BCUT2D eigenvalue weighted by molar-refractivity contribution is 4.89. The van der Waals surface area contributed by atoms with Gasteiger partial charge in [-0.1, -0.05) is 20.8 Å². The fourth-order valence-electron chi connectivity index (χ4n) is 3.05. The van der Waals surface area contributed by atoms with Crippen molar-refractivity contribution in [3.8, 4) is 0 Å². The summed E-state index contributed by atoms with van der Waals surface area (Å²) in [6.07, 6.45) is 2.96. The van der Waals surface area contributed by atoms with E-state index in [4.69, 9.17) is 0 Å². The molecule has 2 fully saturated rings. The van der Waals surface area contributed by atoms with E-state index in [1.165, 1.54) is 32.5 Å². The van der Waals surface area contributed by atoms with E-state index in [9.17, 15) is 0 Å². The predicted molar refractivity (Wildman–Crippen MR) is 69.6 cm³/mol. The van der Waals surface area contributed by atoms with Crippen molar-refractivity contribution in [3.63, 3.8) is 0 Å². The summed E-state index contributed by atoms with van der Waals surface area (Å²) in [6, 6.07) is 1.42. The Morgan fingerprint density at radius 1 is 1.25 bits per heavy atom. The molecule has 0 aromatic carbocycles. The second-order valence-electron chi connectivity index (χ2n) is 6.39. The minimum Gasteiger partial charge on any atom is -0.311 e. The maximum absolute atomic E-state index is 3.62. The van der Waals surface area contributed by atoms with Crippen LogP contribution in [-0.4, -0.2) is 36.6 Å². The second-order valence-corrected chi connectivity index (χ2v) is 6.39. The number of hydrogen-bond donors (Lipinski definition) is 1. The minimum atomic E-state index is 0.668. The van der Waals surface area contributed by atoms with Gasteiger partial charge in [0.05, 0.1) is 0 Å². The van der Waals surface area contributed by atoms with Crippen LogP contribution in [0.5, 0.6) is 0 Å². The van der Waals surface area contributed by atoms with Gasteiger partial charge in [-0.2, -0.15) is 0 Å². The Kier molecular flexibility index (Phi) is 3.91. The quantitative estimate of drug-likeness (QED) is 0.788. The standard InChI is InChI=1S/C14H28N2/c1-10(2)14-7-15-12(4)9-16(14)8-11(3)13-5-6-13/h10-15H,5-9H2,1-4H3. The van der Waals surface area contributed by atoms with Gasteiger partial charge in [-0.15, -0.1) is 0 Å². The zero-order chi connectivity index (χ0) is 11.7. The van der Waals surface area contributed by atoms with Crippen LogP contribution in [0.15, 0.2) is 0 Å². The lowest BCUT2D eigenvalue weighted by molar-refractivity contribution is 0.0845. The maximum Gasteiger partial charge on any atom is 0.0244 e. The Morgan fingerprint density at radius 3 is 2.50 bits per heavy atom. The van der Waals surface area contributed by atoms with Crippen molar-refractivity contribution in [2.45, 2.75) is 52.6 Å². The summed E-state index contributed by atoms with van der Waals surface area (Å²) in [7, 11) is 0. The van der Waals surface area contributed by atoms with Gasteiger partial charge in [0.2, 0.25) is 0 Å². The number of nitrogens with one attached hydrogen (secondary N) is 1. The molecule has 2 heteroatoms. The molecule has 1 aliphatic carbocycles. The highest BCUT2D eigenvalue weighted by atomic mass is 15.2. The Morgan fingerprint density at radius 2 is 1.94 bits per heavy atom. The van der Waals surface area contributed by atoms with Crippen molar-refractivity contribution in [3.05, 3.63) is 0 Å². The largest absolute Gasteiger partial charge is 0.311 e. The van der Waals surface area contributed by atoms with Crippen molar-refractivity contribution in [2.75, 3.05) is 19.6 Å². The lowest BCUT2D eigenvalue weighted by Gasteiger charge is -2.42. The van der Waals surface area contributed by atoms with Crippen molar-refractivity contribution in [1.29, 1.82) is 0 Å². The molecule has 2 nitrogen and oxygen atoms in total. The second kappa shape index (κ2) is 5.05. The summed E-state index contributed by atoms with van der Waals surface area (Å²) in [5.41, 5.74) is 0. The van der Waals surface area contributed by atoms with Gasteiger partial charge in [0.15, 0.2) is 0 Å². The highest BCUT2D eigenvalue weighted by Gasteiger charge is 2.33. The molecule has 0 spiro atoms. The Hall–Kier alpha value is -0.0800. The van der Waals surface area contributed by atoms with Crippen LogP contribution in [0.2, 0.25) is 0 Å². The molecule has 0 aromatic heterocycles. The first-order valence-electron chi connectivity index (χ1n) is 7.05. The molecule has 3 atom stereocenters. The molecule has 1 saturated heterocycles. The van der Waals surface area contributed by atoms with Crippen molar-refractivity contribution in [2.24, 2.45) is 17.8 Å².